The quantitative estimate of drug-likeness (QED) is 0.509. The van der Waals surface area contributed by atoms with Gasteiger partial charge in [0.1, 0.15) is 0 Å². The molecule has 0 heterocycles. The molecule has 1 fully saturated rings. The Labute approximate surface area is 107 Å². The number of amides is 2. The molecule has 0 aromatic heterocycles. The summed E-state index contributed by atoms with van der Waals surface area (Å²) in [7, 11) is 0. The van der Waals surface area contributed by atoms with Gasteiger partial charge >= 0.3 is 12.0 Å². The molecule has 1 aliphatic rings. The highest BCUT2D eigenvalue weighted by Crippen LogP contribution is 2.28. The van der Waals surface area contributed by atoms with Crippen LogP contribution in [0.25, 0.3) is 0 Å². The maximum Gasteiger partial charge on any atom is 0.314 e. The molecule has 1 aliphatic carbocycles. The number of unbranched alkanes of at least 4 members (excludes halogenated alkanes) is 1. The van der Waals surface area contributed by atoms with Gasteiger partial charge in [-0.25, -0.2) is 4.79 Å². The number of rotatable bonds is 10. The van der Waals surface area contributed by atoms with E-state index in [-0.39, 0.29) is 12.5 Å². The first-order valence-electron chi connectivity index (χ1n) is 6.49. The molecule has 3 N–H and O–H groups in total. The van der Waals surface area contributed by atoms with Crippen LogP contribution in [-0.4, -0.2) is 43.4 Å². The number of hydrogen-bond donors (Lipinski definition) is 3. The normalized spacial score (nSPS) is 14.2. The molecule has 0 radical (unpaired) electrons. The van der Waals surface area contributed by atoms with E-state index in [1.54, 1.807) is 0 Å². The Morgan fingerprint density at radius 3 is 2.56 bits per heavy atom. The predicted molar refractivity (Wildman–Crippen MR) is 66.4 cm³/mol. The van der Waals surface area contributed by atoms with Crippen LogP contribution in [-0.2, 0) is 9.53 Å². The highest BCUT2D eigenvalue weighted by molar-refractivity contribution is 5.73. The van der Waals surface area contributed by atoms with Gasteiger partial charge in [-0.2, -0.15) is 0 Å². The third-order valence-corrected chi connectivity index (χ3v) is 2.69. The summed E-state index contributed by atoms with van der Waals surface area (Å²) in [6.07, 6.45) is 3.95. The Morgan fingerprint density at radius 1 is 1.17 bits per heavy atom. The molecule has 0 spiro atoms. The number of carbonyl (C=O) groups is 2. The lowest BCUT2D eigenvalue weighted by Gasteiger charge is -2.07. The molecule has 0 bridgehead atoms. The van der Waals surface area contributed by atoms with Crippen LogP contribution in [0, 0.1) is 5.92 Å². The summed E-state index contributed by atoms with van der Waals surface area (Å²) in [5.41, 5.74) is 0. The van der Waals surface area contributed by atoms with Gasteiger partial charge in [0, 0.05) is 26.1 Å². The van der Waals surface area contributed by atoms with Gasteiger partial charge in [0.2, 0.25) is 0 Å². The topological polar surface area (TPSA) is 87.7 Å². The predicted octanol–water partition coefficient (Wildman–Crippen LogP) is 0.967. The zero-order valence-electron chi connectivity index (χ0n) is 10.6. The Hall–Kier alpha value is -1.30. The van der Waals surface area contributed by atoms with Crippen LogP contribution in [0.15, 0.2) is 0 Å². The van der Waals surface area contributed by atoms with Crippen molar-refractivity contribution in [3.8, 4) is 0 Å². The number of carboxylic acid groups (broad SMARTS) is 1. The van der Waals surface area contributed by atoms with Gasteiger partial charge in [-0.1, -0.05) is 0 Å². The highest BCUT2D eigenvalue weighted by Gasteiger charge is 2.20. The van der Waals surface area contributed by atoms with Gasteiger partial charge in [0.15, 0.2) is 0 Å². The standard InChI is InChI=1S/C12H22N2O4/c15-11(16)3-1-2-6-13-12(17)14-7-8-18-9-10-4-5-10/h10H,1-9H2,(H,15,16)(H2,13,14,17). The number of carbonyl (C=O) groups excluding carboxylic acids is 1. The number of ether oxygens (including phenoxy) is 1. The Kier molecular flexibility index (Phi) is 7.17. The van der Waals surface area contributed by atoms with E-state index in [9.17, 15) is 9.59 Å². The zero-order chi connectivity index (χ0) is 13.2. The molecule has 1 rings (SSSR count). The SMILES string of the molecule is O=C(O)CCCCNC(=O)NCCOCC1CC1. The Bertz CT molecular complexity index is 267. The van der Waals surface area contributed by atoms with Crippen LogP contribution in [0.4, 0.5) is 4.79 Å². The third-order valence-electron chi connectivity index (χ3n) is 2.69. The monoisotopic (exact) mass is 258 g/mol. The van der Waals surface area contributed by atoms with Crippen LogP contribution >= 0.6 is 0 Å². The summed E-state index contributed by atoms with van der Waals surface area (Å²) < 4.78 is 5.37. The third kappa shape index (κ3) is 8.81. The second-order valence-electron chi connectivity index (χ2n) is 4.55. The highest BCUT2D eigenvalue weighted by atomic mass is 16.5. The van der Waals surface area contributed by atoms with Crippen molar-refractivity contribution in [2.45, 2.75) is 32.1 Å². The largest absolute Gasteiger partial charge is 0.481 e. The van der Waals surface area contributed by atoms with E-state index in [4.69, 9.17) is 9.84 Å². The maximum absolute atomic E-state index is 11.3. The van der Waals surface area contributed by atoms with Crippen molar-refractivity contribution >= 4 is 12.0 Å². The van der Waals surface area contributed by atoms with Crippen molar-refractivity contribution in [3.05, 3.63) is 0 Å². The molecule has 18 heavy (non-hydrogen) atoms. The summed E-state index contributed by atoms with van der Waals surface area (Å²) in [6, 6.07) is -0.222. The summed E-state index contributed by atoms with van der Waals surface area (Å²) >= 11 is 0. The van der Waals surface area contributed by atoms with Crippen LogP contribution in [0.2, 0.25) is 0 Å². The van der Waals surface area contributed by atoms with E-state index < -0.39 is 5.97 Å². The molecule has 0 saturated heterocycles. The van der Waals surface area contributed by atoms with E-state index >= 15 is 0 Å². The number of nitrogens with one attached hydrogen (secondary N) is 2. The van der Waals surface area contributed by atoms with Crippen LogP contribution in [0.1, 0.15) is 32.1 Å². The first-order valence-corrected chi connectivity index (χ1v) is 6.49. The van der Waals surface area contributed by atoms with E-state index in [1.165, 1.54) is 12.8 Å². The van der Waals surface area contributed by atoms with Crippen LogP contribution < -0.4 is 10.6 Å². The van der Waals surface area contributed by atoms with Crippen molar-refractivity contribution < 1.29 is 19.4 Å². The summed E-state index contributed by atoms with van der Waals surface area (Å²) in [4.78, 5) is 21.5. The number of aliphatic carboxylic acids is 1. The summed E-state index contributed by atoms with van der Waals surface area (Å²) in [5, 5.41) is 13.8. The molecule has 0 aromatic carbocycles. The van der Waals surface area contributed by atoms with Gasteiger partial charge in [0.25, 0.3) is 0 Å². The molecule has 0 aliphatic heterocycles. The lowest BCUT2D eigenvalue weighted by atomic mass is 10.2. The average molecular weight is 258 g/mol. The Balaban J connectivity index is 1.79. The van der Waals surface area contributed by atoms with Gasteiger partial charge in [-0.05, 0) is 31.6 Å². The van der Waals surface area contributed by atoms with Crippen LogP contribution in [0.5, 0.6) is 0 Å². The molecule has 2 amide bonds. The fourth-order valence-electron chi connectivity index (χ4n) is 1.44. The molecule has 0 atom stereocenters. The van der Waals surface area contributed by atoms with Gasteiger partial charge < -0.3 is 20.5 Å². The molecular weight excluding hydrogens is 236 g/mol. The first-order chi connectivity index (χ1) is 8.68. The minimum absolute atomic E-state index is 0.151. The van der Waals surface area contributed by atoms with E-state index in [0.717, 1.165) is 12.5 Å². The zero-order valence-corrected chi connectivity index (χ0v) is 10.6. The number of carboxylic acids is 1. The summed E-state index contributed by atoms with van der Waals surface area (Å²) in [6.45, 7) is 2.36. The number of hydrogen-bond acceptors (Lipinski definition) is 3. The minimum atomic E-state index is -0.799. The molecule has 1 saturated carbocycles. The van der Waals surface area contributed by atoms with Gasteiger partial charge in [0.05, 0.1) is 6.61 Å². The maximum atomic E-state index is 11.3. The lowest BCUT2D eigenvalue weighted by molar-refractivity contribution is -0.137. The summed E-state index contributed by atoms with van der Waals surface area (Å²) in [5.74, 6) is -0.0553. The fourth-order valence-corrected chi connectivity index (χ4v) is 1.44. The van der Waals surface area contributed by atoms with Crippen LogP contribution in [0.3, 0.4) is 0 Å². The molecule has 0 unspecified atom stereocenters. The molecule has 6 heteroatoms. The minimum Gasteiger partial charge on any atom is -0.481 e. The second kappa shape index (κ2) is 8.74. The van der Waals surface area contributed by atoms with Crippen molar-refractivity contribution in [2.24, 2.45) is 5.92 Å². The van der Waals surface area contributed by atoms with E-state index in [0.29, 0.717) is 32.5 Å². The van der Waals surface area contributed by atoms with Crippen molar-refractivity contribution in [2.75, 3.05) is 26.3 Å². The molecule has 6 nitrogen and oxygen atoms in total. The first kappa shape index (κ1) is 14.8. The van der Waals surface area contributed by atoms with Crippen molar-refractivity contribution in [3.63, 3.8) is 0 Å². The van der Waals surface area contributed by atoms with E-state index in [1.807, 2.05) is 0 Å². The van der Waals surface area contributed by atoms with Crippen molar-refractivity contribution in [1.82, 2.24) is 10.6 Å². The van der Waals surface area contributed by atoms with Gasteiger partial charge in [-0.15, -0.1) is 0 Å². The second-order valence-corrected chi connectivity index (χ2v) is 4.55. The van der Waals surface area contributed by atoms with E-state index in [2.05, 4.69) is 10.6 Å². The number of urea groups is 1. The molecular formula is C12H22N2O4. The fraction of sp³-hybridized carbons (Fsp3) is 0.833. The van der Waals surface area contributed by atoms with Gasteiger partial charge in [-0.3, -0.25) is 4.79 Å². The average Bonchev–Trinajstić information content (AvgIpc) is 3.11. The lowest BCUT2D eigenvalue weighted by Crippen LogP contribution is -2.37. The molecule has 0 aromatic rings. The van der Waals surface area contributed by atoms with Crippen molar-refractivity contribution in [1.29, 1.82) is 0 Å². The smallest absolute Gasteiger partial charge is 0.314 e. The Morgan fingerprint density at radius 2 is 1.89 bits per heavy atom. The molecule has 104 valence electrons.